The van der Waals surface area contributed by atoms with Crippen molar-refractivity contribution in [1.82, 2.24) is 0 Å². The number of hydrogen-bond acceptors (Lipinski definition) is 2. The molecule has 0 unspecified atom stereocenters. The summed E-state index contributed by atoms with van der Waals surface area (Å²) in [6, 6.07) is 0. The molecule has 0 atom stereocenters. The molecule has 19 heavy (non-hydrogen) atoms. The lowest BCUT2D eigenvalue weighted by molar-refractivity contribution is 0.283. The van der Waals surface area contributed by atoms with E-state index < -0.39 is 8.32 Å². The Balaban J connectivity index is 3.81. The van der Waals surface area contributed by atoms with Crippen LogP contribution in [0.5, 0.6) is 0 Å². The Hall–Kier alpha value is -0.383. The van der Waals surface area contributed by atoms with Gasteiger partial charge in [-0.1, -0.05) is 45.1 Å². The molecule has 0 rings (SSSR count). The Morgan fingerprint density at radius 3 is 2.42 bits per heavy atom. The molecule has 1 N–H and O–H groups in total. The maximum atomic E-state index is 8.68. The standard InChI is InChI=1S/C16H32O2Si/c1-15(11-8-7-9-13-17)12-10-14-18-19(5,6)16(2,3)4/h8,11,17H,1,7,9-10,12-14H2,2-6H3/b11-8+. The van der Waals surface area contributed by atoms with Gasteiger partial charge >= 0.3 is 0 Å². The first-order valence-corrected chi connectivity index (χ1v) is 10.2. The fourth-order valence-electron chi connectivity index (χ4n) is 1.39. The highest BCUT2D eigenvalue weighted by Gasteiger charge is 2.36. The van der Waals surface area contributed by atoms with E-state index in [9.17, 15) is 0 Å². The molecule has 0 amide bonds. The van der Waals surface area contributed by atoms with Gasteiger partial charge < -0.3 is 9.53 Å². The van der Waals surface area contributed by atoms with Crippen LogP contribution in [0.2, 0.25) is 18.1 Å². The number of rotatable bonds is 9. The van der Waals surface area contributed by atoms with E-state index in [0.717, 1.165) is 37.9 Å². The largest absolute Gasteiger partial charge is 0.417 e. The number of hydrogen-bond donors (Lipinski definition) is 1. The van der Waals surface area contributed by atoms with Crippen molar-refractivity contribution in [2.24, 2.45) is 0 Å². The molecule has 3 heteroatoms. The molecule has 0 bridgehead atoms. The predicted octanol–water partition coefficient (Wildman–Crippen LogP) is 4.67. The normalized spacial score (nSPS) is 13.2. The van der Waals surface area contributed by atoms with Crippen LogP contribution in [0.15, 0.2) is 24.3 Å². The zero-order chi connectivity index (χ0) is 14.9. The molecule has 2 nitrogen and oxygen atoms in total. The zero-order valence-corrected chi connectivity index (χ0v) is 14.5. The minimum absolute atomic E-state index is 0.261. The van der Waals surface area contributed by atoms with E-state index in [1.54, 1.807) is 0 Å². The Morgan fingerprint density at radius 1 is 1.26 bits per heavy atom. The highest BCUT2D eigenvalue weighted by Crippen LogP contribution is 2.36. The summed E-state index contributed by atoms with van der Waals surface area (Å²) >= 11 is 0. The quantitative estimate of drug-likeness (QED) is 0.379. The van der Waals surface area contributed by atoms with Crippen molar-refractivity contribution in [3.05, 3.63) is 24.3 Å². The first kappa shape index (κ1) is 18.6. The lowest BCUT2D eigenvalue weighted by Crippen LogP contribution is -2.40. The molecular formula is C16H32O2Si. The molecule has 0 radical (unpaired) electrons. The average molecular weight is 285 g/mol. The maximum absolute atomic E-state index is 8.68. The smallest absolute Gasteiger partial charge is 0.191 e. The van der Waals surface area contributed by atoms with E-state index in [-0.39, 0.29) is 11.6 Å². The second-order valence-electron chi connectivity index (χ2n) is 6.64. The van der Waals surface area contributed by atoms with Crippen LogP contribution in [0.1, 0.15) is 46.5 Å². The summed E-state index contributed by atoms with van der Waals surface area (Å²) in [5.74, 6) is 0. The number of aliphatic hydroxyl groups excluding tert-OH is 1. The van der Waals surface area contributed by atoms with Crippen molar-refractivity contribution in [3.8, 4) is 0 Å². The predicted molar refractivity (Wildman–Crippen MR) is 87.0 cm³/mol. The van der Waals surface area contributed by atoms with E-state index in [1.807, 2.05) is 0 Å². The van der Waals surface area contributed by atoms with Crippen LogP contribution in [-0.2, 0) is 4.43 Å². The third-order valence-corrected chi connectivity index (χ3v) is 8.33. The molecule has 0 aromatic rings. The van der Waals surface area contributed by atoms with Gasteiger partial charge in [-0.3, -0.25) is 0 Å². The summed E-state index contributed by atoms with van der Waals surface area (Å²) in [7, 11) is -1.59. The van der Waals surface area contributed by atoms with Gasteiger partial charge in [0, 0.05) is 13.2 Å². The van der Waals surface area contributed by atoms with Gasteiger partial charge in [0.15, 0.2) is 8.32 Å². The summed E-state index contributed by atoms with van der Waals surface area (Å²) in [6.45, 7) is 16.5. The van der Waals surface area contributed by atoms with E-state index in [2.05, 4.69) is 52.6 Å². The molecule has 0 saturated heterocycles. The summed E-state index contributed by atoms with van der Waals surface area (Å²) in [5, 5.41) is 8.96. The van der Waals surface area contributed by atoms with Crippen LogP contribution >= 0.6 is 0 Å². The van der Waals surface area contributed by atoms with E-state index in [0.29, 0.717) is 0 Å². The van der Waals surface area contributed by atoms with E-state index in [4.69, 9.17) is 9.53 Å². The van der Waals surface area contributed by atoms with Gasteiger partial charge in [-0.2, -0.15) is 0 Å². The number of aliphatic hydroxyl groups is 1. The molecule has 0 aliphatic carbocycles. The molecule has 0 aromatic carbocycles. The topological polar surface area (TPSA) is 29.5 Å². The second kappa shape index (κ2) is 8.72. The van der Waals surface area contributed by atoms with Gasteiger partial charge in [0.05, 0.1) is 0 Å². The monoisotopic (exact) mass is 284 g/mol. The lowest BCUT2D eigenvalue weighted by Gasteiger charge is -2.36. The molecule has 0 aliphatic heterocycles. The molecule has 0 fully saturated rings. The number of unbranched alkanes of at least 4 members (excludes halogenated alkanes) is 1. The highest BCUT2D eigenvalue weighted by atomic mass is 28.4. The average Bonchev–Trinajstić information content (AvgIpc) is 2.29. The maximum Gasteiger partial charge on any atom is 0.191 e. The van der Waals surface area contributed by atoms with Crippen LogP contribution in [0.3, 0.4) is 0 Å². The summed E-state index contributed by atoms with van der Waals surface area (Å²) in [5.41, 5.74) is 1.15. The molecular weight excluding hydrogens is 252 g/mol. The minimum Gasteiger partial charge on any atom is -0.417 e. The fraction of sp³-hybridized carbons (Fsp3) is 0.750. The lowest BCUT2D eigenvalue weighted by atomic mass is 10.1. The van der Waals surface area contributed by atoms with Crippen molar-refractivity contribution in [2.75, 3.05) is 13.2 Å². The van der Waals surface area contributed by atoms with Crippen LogP contribution in [0.25, 0.3) is 0 Å². The van der Waals surface area contributed by atoms with Crippen LogP contribution in [0, 0.1) is 0 Å². The Kier molecular flexibility index (Phi) is 8.55. The molecule has 0 aromatic heterocycles. The molecule has 0 saturated carbocycles. The van der Waals surface area contributed by atoms with Gasteiger partial charge in [0.2, 0.25) is 0 Å². The summed E-state index contributed by atoms with van der Waals surface area (Å²) in [6.07, 6.45) is 7.95. The molecule has 112 valence electrons. The van der Waals surface area contributed by atoms with Crippen molar-refractivity contribution in [3.63, 3.8) is 0 Å². The first-order chi connectivity index (χ1) is 8.70. The van der Waals surface area contributed by atoms with Crippen molar-refractivity contribution in [2.45, 2.75) is 64.6 Å². The fourth-order valence-corrected chi connectivity index (χ4v) is 2.47. The minimum atomic E-state index is -1.59. The van der Waals surface area contributed by atoms with Gasteiger partial charge in [-0.25, -0.2) is 0 Å². The van der Waals surface area contributed by atoms with Crippen molar-refractivity contribution in [1.29, 1.82) is 0 Å². The van der Waals surface area contributed by atoms with Gasteiger partial charge in [-0.15, -0.1) is 0 Å². The van der Waals surface area contributed by atoms with Crippen molar-refractivity contribution < 1.29 is 9.53 Å². The third-order valence-electron chi connectivity index (χ3n) is 3.79. The molecule has 0 spiro atoms. The Morgan fingerprint density at radius 2 is 1.89 bits per heavy atom. The summed E-state index contributed by atoms with van der Waals surface area (Å²) < 4.78 is 6.13. The summed E-state index contributed by atoms with van der Waals surface area (Å²) in [4.78, 5) is 0. The van der Waals surface area contributed by atoms with Gasteiger partial charge in [-0.05, 0) is 43.8 Å². The van der Waals surface area contributed by atoms with Crippen molar-refractivity contribution >= 4 is 8.32 Å². The molecule has 0 heterocycles. The first-order valence-electron chi connectivity index (χ1n) is 7.30. The Labute approximate surface area is 120 Å². The van der Waals surface area contributed by atoms with Gasteiger partial charge in [0.25, 0.3) is 0 Å². The number of allylic oxidation sites excluding steroid dienone is 3. The second-order valence-corrected chi connectivity index (χ2v) is 11.4. The van der Waals surface area contributed by atoms with E-state index in [1.165, 1.54) is 0 Å². The highest BCUT2D eigenvalue weighted by molar-refractivity contribution is 6.74. The van der Waals surface area contributed by atoms with Crippen LogP contribution < -0.4 is 0 Å². The van der Waals surface area contributed by atoms with Crippen LogP contribution in [0.4, 0.5) is 0 Å². The van der Waals surface area contributed by atoms with Gasteiger partial charge in [0.1, 0.15) is 0 Å². The zero-order valence-electron chi connectivity index (χ0n) is 13.5. The van der Waals surface area contributed by atoms with Crippen LogP contribution in [-0.4, -0.2) is 26.6 Å². The van der Waals surface area contributed by atoms with E-state index >= 15 is 0 Å². The third kappa shape index (κ3) is 8.40. The molecule has 0 aliphatic rings. The SMILES string of the molecule is C=C(/C=C/CCCO)CCCO[Si](C)(C)C(C)(C)C. The Bertz CT molecular complexity index is 288.